The van der Waals surface area contributed by atoms with Gasteiger partial charge in [-0.05, 0) is 29.8 Å². The molecule has 1 N–H and O–H groups in total. The summed E-state index contributed by atoms with van der Waals surface area (Å²) >= 11 is 0. The van der Waals surface area contributed by atoms with Crippen LogP contribution < -0.4 is 5.32 Å². The summed E-state index contributed by atoms with van der Waals surface area (Å²) in [7, 11) is 0. The number of hydrogen-bond acceptors (Lipinski definition) is 3. The van der Waals surface area contributed by atoms with E-state index in [1.54, 1.807) is 6.20 Å². The molecule has 102 valence electrons. The van der Waals surface area contributed by atoms with Gasteiger partial charge in [-0.3, -0.25) is 4.40 Å². The molecule has 0 aliphatic rings. The third-order valence-electron chi connectivity index (χ3n) is 3.52. The first kappa shape index (κ1) is 11.9. The van der Waals surface area contributed by atoms with Crippen molar-refractivity contribution in [2.45, 2.75) is 6.92 Å². The fourth-order valence-electron chi connectivity index (χ4n) is 2.53. The summed E-state index contributed by atoms with van der Waals surface area (Å²) in [6.45, 7) is 1.97. The van der Waals surface area contributed by atoms with Crippen molar-refractivity contribution in [3.63, 3.8) is 0 Å². The summed E-state index contributed by atoms with van der Waals surface area (Å²) in [6.07, 6.45) is 3.67. The molecule has 0 atom stereocenters. The molecule has 0 aliphatic heterocycles. The van der Waals surface area contributed by atoms with Gasteiger partial charge in [0.1, 0.15) is 5.82 Å². The first-order valence-electron chi connectivity index (χ1n) is 6.86. The number of nitrogens with zero attached hydrogens (tertiary/aromatic N) is 3. The smallest absolute Gasteiger partial charge is 0.235 e. The second-order valence-electron chi connectivity index (χ2n) is 5.07. The van der Waals surface area contributed by atoms with E-state index in [4.69, 9.17) is 0 Å². The van der Waals surface area contributed by atoms with Crippen molar-refractivity contribution in [2.75, 3.05) is 5.32 Å². The first-order chi connectivity index (χ1) is 10.3. The molecule has 4 heteroatoms. The first-order valence-corrected chi connectivity index (χ1v) is 6.86. The van der Waals surface area contributed by atoms with E-state index in [1.807, 2.05) is 23.6 Å². The molecule has 4 aromatic rings. The predicted molar refractivity (Wildman–Crippen MR) is 85.0 cm³/mol. The molecule has 4 rings (SSSR count). The van der Waals surface area contributed by atoms with Crippen LogP contribution in [0.15, 0.2) is 60.9 Å². The number of imidazole rings is 1. The van der Waals surface area contributed by atoms with Crippen molar-refractivity contribution in [1.82, 2.24) is 14.4 Å². The summed E-state index contributed by atoms with van der Waals surface area (Å²) in [5.41, 5.74) is 1.99. The fourth-order valence-corrected chi connectivity index (χ4v) is 2.53. The van der Waals surface area contributed by atoms with Gasteiger partial charge in [0.15, 0.2) is 0 Å². The molecule has 0 bridgehead atoms. The number of nitrogens with one attached hydrogen (secondary N) is 1. The van der Waals surface area contributed by atoms with Crippen LogP contribution in [0, 0.1) is 6.92 Å². The Morgan fingerprint density at radius 3 is 2.76 bits per heavy atom. The van der Waals surface area contributed by atoms with Crippen LogP contribution in [0.1, 0.15) is 5.69 Å². The van der Waals surface area contributed by atoms with E-state index < -0.39 is 0 Å². The van der Waals surface area contributed by atoms with E-state index in [9.17, 15) is 0 Å². The Bertz CT molecular complexity index is 940. The fraction of sp³-hybridized carbons (Fsp3) is 0.0588. The molecule has 0 radical (unpaired) electrons. The average Bonchev–Trinajstić information content (AvgIpc) is 2.95. The topological polar surface area (TPSA) is 42.2 Å². The average molecular weight is 274 g/mol. The molecular formula is C17H14N4. The van der Waals surface area contributed by atoms with E-state index in [-0.39, 0.29) is 0 Å². The molecule has 0 aliphatic carbocycles. The van der Waals surface area contributed by atoms with Crippen molar-refractivity contribution < 1.29 is 0 Å². The second kappa shape index (κ2) is 4.59. The number of anilines is 2. The van der Waals surface area contributed by atoms with Crippen molar-refractivity contribution in [3.8, 4) is 0 Å². The summed E-state index contributed by atoms with van der Waals surface area (Å²) in [5, 5.41) is 5.90. The zero-order valence-electron chi connectivity index (χ0n) is 11.6. The zero-order chi connectivity index (χ0) is 14.2. The molecule has 0 amide bonds. The van der Waals surface area contributed by atoms with Crippen molar-refractivity contribution in [2.24, 2.45) is 0 Å². The van der Waals surface area contributed by atoms with Crippen LogP contribution in [0.4, 0.5) is 11.5 Å². The van der Waals surface area contributed by atoms with Crippen molar-refractivity contribution in [3.05, 3.63) is 66.6 Å². The lowest BCUT2D eigenvalue weighted by Gasteiger charge is -2.10. The number of benzene rings is 2. The summed E-state index contributed by atoms with van der Waals surface area (Å²) < 4.78 is 1.95. The second-order valence-corrected chi connectivity index (χ2v) is 5.07. The minimum absolute atomic E-state index is 0.707. The summed E-state index contributed by atoms with van der Waals surface area (Å²) in [4.78, 5) is 8.64. The quantitative estimate of drug-likeness (QED) is 0.602. The number of hydrogen-bond donors (Lipinski definition) is 1. The molecule has 21 heavy (non-hydrogen) atoms. The lowest BCUT2D eigenvalue weighted by atomic mass is 10.1. The van der Waals surface area contributed by atoms with Crippen LogP contribution in [0.2, 0.25) is 0 Å². The molecule has 0 fully saturated rings. The minimum atomic E-state index is 0.707. The highest BCUT2D eigenvalue weighted by Crippen LogP contribution is 2.23. The Morgan fingerprint density at radius 1 is 1.00 bits per heavy atom. The van der Waals surface area contributed by atoms with Gasteiger partial charge in [0.25, 0.3) is 0 Å². The summed E-state index contributed by atoms with van der Waals surface area (Å²) in [5.74, 6) is 1.67. The molecular weight excluding hydrogens is 260 g/mol. The SMILES string of the molecule is Cc1cc(Nc2ccc3ccccc3c2)n2ccnc2n1. The van der Waals surface area contributed by atoms with Gasteiger partial charge in [-0.15, -0.1) is 0 Å². The number of aryl methyl sites for hydroxylation is 1. The number of aromatic nitrogens is 3. The Kier molecular flexibility index (Phi) is 2.60. The number of fused-ring (bicyclic) bond motifs is 2. The molecule has 0 saturated carbocycles. The van der Waals surface area contributed by atoms with Crippen LogP contribution in [0.25, 0.3) is 16.6 Å². The Labute approximate surface area is 122 Å². The Hall–Kier alpha value is -2.88. The van der Waals surface area contributed by atoms with Gasteiger partial charge in [0.2, 0.25) is 5.78 Å². The highest BCUT2D eigenvalue weighted by molar-refractivity contribution is 5.86. The number of rotatable bonds is 2. The lowest BCUT2D eigenvalue weighted by Crippen LogP contribution is -2.00. The monoisotopic (exact) mass is 274 g/mol. The van der Waals surface area contributed by atoms with Gasteiger partial charge in [0, 0.05) is 29.8 Å². The predicted octanol–water partition coefficient (Wildman–Crippen LogP) is 3.93. The van der Waals surface area contributed by atoms with Gasteiger partial charge in [-0.25, -0.2) is 9.97 Å². The molecule has 4 nitrogen and oxygen atoms in total. The Morgan fingerprint density at radius 2 is 1.86 bits per heavy atom. The van der Waals surface area contributed by atoms with Crippen molar-refractivity contribution in [1.29, 1.82) is 0 Å². The van der Waals surface area contributed by atoms with Gasteiger partial charge >= 0.3 is 0 Å². The van der Waals surface area contributed by atoms with Crippen LogP contribution in [-0.4, -0.2) is 14.4 Å². The highest BCUT2D eigenvalue weighted by Gasteiger charge is 2.05. The molecule has 2 aromatic heterocycles. The normalized spacial score (nSPS) is 11.1. The lowest BCUT2D eigenvalue weighted by molar-refractivity contribution is 1.07. The molecule has 0 unspecified atom stereocenters. The summed E-state index contributed by atoms with van der Waals surface area (Å²) in [6, 6.07) is 16.7. The van der Waals surface area contributed by atoms with Gasteiger partial charge in [-0.2, -0.15) is 0 Å². The highest BCUT2D eigenvalue weighted by atomic mass is 15.2. The maximum Gasteiger partial charge on any atom is 0.235 e. The van der Waals surface area contributed by atoms with Crippen LogP contribution in [-0.2, 0) is 0 Å². The van der Waals surface area contributed by atoms with Crippen molar-refractivity contribution >= 4 is 28.1 Å². The van der Waals surface area contributed by atoms with Crippen LogP contribution in [0.3, 0.4) is 0 Å². The van der Waals surface area contributed by atoms with E-state index >= 15 is 0 Å². The standard InChI is InChI=1S/C17H14N4/c1-12-10-16(21-9-8-18-17(21)19-12)20-15-7-6-13-4-2-3-5-14(13)11-15/h2-11,20H,1H3. The molecule has 2 aromatic carbocycles. The molecule has 0 saturated heterocycles. The van der Waals surface area contributed by atoms with E-state index in [1.165, 1.54) is 10.8 Å². The Balaban J connectivity index is 1.80. The van der Waals surface area contributed by atoms with E-state index in [0.29, 0.717) is 5.78 Å². The van der Waals surface area contributed by atoms with Gasteiger partial charge < -0.3 is 5.32 Å². The maximum atomic E-state index is 4.40. The largest absolute Gasteiger partial charge is 0.341 e. The minimum Gasteiger partial charge on any atom is -0.341 e. The maximum absolute atomic E-state index is 4.40. The van der Waals surface area contributed by atoms with E-state index in [0.717, 1.165) is 17.2 Å². The van der Waals surface area contributed by atoms with Gasteiger partial charge in [-0.1, -0.05) is 30.3 Å². The van der Waals surface area contributed by atoms with Crippen LogP contribution >= 0.6 is 0 Å². The molecule has 0 spiro atoms. The van der Waals surface area contributed by atoms with Crippen LogP contribution in [0.5, 0.6) is 0 Å². The third-order valence-corrected chi connectivity index (χ3v) is 3.52. The molecule has 2 heterocycles. The van der Waals surface area contributed by atoms with E-state index in [2.05, 4.69) is 57.7 Å². The third kappa shape index (κ3) is 2.10. The zero-order valence-corrected chi connectivity index (χ0v) is 11.6. The van der Waals surface area contributed by atoms with Gasteiger partial charge in [0.05, 0.1) is 0 Å².